The summed E-state index contributed by atoms with van der Waals surface area (Å²) in [6.45, 7) is 3.72. The molecule has 1 fully saturated rings. The minimum absolute atomic E-state index is 0.101. The predicted molar refractivity (Wildman–Crippen MR) is 134 cm³/mol. The summed E-state index contributed by atoms with van der Waals surface area (Å²) in [6.07, 6.45) is 1.71. The van der Waals surface area contributed by atoms with Crippen LogP contribution in [0.15, 0.2) is 77.7 Å². The molecule has 1 atom stereocenters. The minimum atomic E-state index is -3.83. The van der Waals surface area contributed by atoms with Crippen molar-refractivity contribution in [3.8, 4) is 11.5 Å². The van der Waals surface area contributed by atoms with E-state index in [0.717, 1.165) is 18.4 Å². The lowest BCUT2D eigenvalue weighted by molar-refractivity contribution is 0.0735. The fourth-order valence-corrected chi connectivity index (χ4v) is 6.31. The molecule has 0 saturated carbocycles. The van der Waals surface area contributed by atoms with Gasteiger partial charge in [0.2, 0.25) is 0 Å². The molecule has 3 aromatic carbocycles. The Morgan fingerprint density at radius 2 is 1.74 bits per heavy atom. The summed E-state index contributed by atoms with van der Waals surface area (Å²) in [6, 6.07) is 21.0. The van der Waals surface area contributed by atoms with E-state index < -0.39 is 10.0 Å². The molecule has 182 valence electrons. The number of benzene rings is 3. The zero-order valence-corrected chi connectivity index (χ0v) is 20.4. The maximum absolute atomic E-state index is 13.6. The molecule has 1 unspecified atom stereocenters. The molecule has 1 saturated heterocycles. The number of rotatable bonds is 6. The topological polar surface area (TPSA) is 76.2 Å². The standard InChI is InChI=1S/C27H28N2O5S/c1-2-29(22-9-4-3-5-10-22)35(31,32)23-11-6-8-21(18-23)27(30)28-15-7-12-24(28)20-13-14-25-26(19-20)34-17-16-33-25/h3-6,8-11,13-14,18-19,24H,2,7,12,15-17H2,1H3. The molecule has 2 heterocycles. The second kappa shape index (κ2) is 9.62. The number of para-hydroxylation sites is 1. The van der Waals surface area contributed by atoms with Crippen molar-refractivity contribution in [1.82, 2.24) is 4.90 Å². The van der Waals surface area contributed by atoms with Gasteiger partial charge in [0.05, 0.1) is 16.6 Å². The van der Waals surface area contributed by atoms with E-state index >= 15 is 0 Å². The predicted octanol–water partition coefficient (Wildman–Crippen LogP) is 4.65. The van der Waals surface area contributed by atoms with Crippen molar-refractivity contribution in [3.63, 3.8) is 0 Å². The Morgan fingerprint density at radius 3 is 2.51 bits per heavy atom. The molecule has 0 bridgehead atoms. The highest BCUT2D eigenvalue weighted by Crippen LogP contribution is 2.38. The summed E-state index contributed by atoms with van der Waals surface area (Å²) in [5.41, 5.74) is 1.94. The van der Waals surface area contributed by atoms with Gasteiger partial charge in [-0.3, -0.25) is 9.10 Å². The number of anilines is 1. The van der Waals surface area contributed by atoms with Gasteiger partial charge in [0.25, 0.3) is 15.9 Å². The second-order valence-corrected chi connectivity index (χ2v) is 10.5. The number of carbonyl (C=O) groups excluding carboxylic acids is 1. The van der Waals surface area contributed by atoms with Gasteiger partial charge in [-0.05, 0) is 67.8 Å². The molecule has 0 N–H and O–H groups in total. The van der Waals surface area contributed by atoms with Crippen LogP contribution in [-0.2, 0) is 10.0 Å². The molecule has 8 heteroatoms. The van der Waals surface area contributed by atoms with E-state index in [9.17, 15) is 13.2 Å². The van der Waals surface area contributed by atoms with E-state index in [-0.39, 0.29) is 23.4 Å². The zero-order chi connectivity index (χ0) is 24.4. The van der Waals surface area contributed by atoms with Crippen LogP contribution in [0.25, 0.3) is 0 Å². The number of sulfonamides is 1. The van der Waals surface area contributed by atoms with Gasteiger partial charge >= 0.3 is 0 Å². The molecule has 35 heavy (non-hydrogen) atoms. The van der Waals surface area contributed by atoms with Crippen LogP contribution in [0.5, 0.6) is 11.5 Å². The van der Waals surface area contributed by atoms with Crippen LogP contribution in [0.2, 0.25) is 0 Å². The highest BCUT2D eigenvalue weighted by molar-refractivity contribution is 7.92. The highest BCUT2D eigenvalue weighted by Gasteiger charge is 2.32. The zero-order valence-electron chi connectivity index (χ0n) is 19.6. The molecule has 5 rings (SSSR count). The Bertz CT molecular complexity index is 1330. The first kappa shape index (κ1) is 23.2. The Labute approximate surface area is 205 Å². The summed E-state index contributed by atoms with van der Waals surface area (Å²) in [4.78, 5) is 15.5. The van der Waals surface area contributed by atoms with Crippen molar-refractivity contribution < 1.29 is 22.7 Å². The normalized spacial score (nSPS) is 17.3. The first-order valence-corrected chi connectivity index (χ1v) is 13.3. The van der Waals surface area contributed by atoms with Gasteiger partial charge in [0.1, 0.15) is 13.2 Å². The van der Waals surface area contributed by atoms with E-state index in [4.69, 9.17) is 9.47 Å². The van der Waals surface area contributed by atoms with Gasteiger partial charge in [-0.1, -0.05) is 30.3 Å². The number of nitrogens with zero attached hydrogens (tertiary/aromatic N) is 2. The smallest absolute Gasteiger partial charge is 0.264 e. The molecule has 2 aliphatic heterocycles. The number of amides is 1. The van der Waals surface area contributed by atoms with E-state index in [1.54, 1.807) is 49.4 Å². The van der Waals surface area contributed by atoms with Gasteiger partial charge in [0, 0.05) is 18.7 Å². The highest BCUT2D eigenvalue weighted by atomic mass is 32.2. The molecule has 1 amide bonds. The van der Waals surface area contributed by atoms with E-state index in [0.29, 0.717) is 42.5 Å². The maximum atomic E-state index is 13.6. The second-order valence-electron chi connectivity index (χ2n) is 8.59. The van der Waals surface area contributed by atoms with Crippen molar-refractivity contribution in [2.45, 2.75) is 30.7 Å². The Balaban J connectivity index is 1.42. The maximum Gasteiger partial charge on any atom is 0.264 e. The van der Waals surface area contributed by atoms with E-state index in [2.05, 4.69) is 0 Å². The summed E-state index contributed by atoms with van der Waals surface area (Å²) in [7, 11) is -3.83. The lowest BCUT2D eigenvalue weighted by atomic mass is 10.0. The van der Waals surface area contributed by atoms with Gasteiger partial charge < -0.3 is 14.4 Å². The first-order valence-electron chi connectivity index (χ1n) is 11.9. The lowest BCUT2D eigenvalue weighted by Gasteiger charge is -2.27. The Kier molecular flexibility index (Phi) is 6.38. The van der Waals surface area contributed by atoms with Crippen LogP contribution in [0.4, 0.5) is 5.69 Å². The number of hydrogen-bond donors (Lipinski definition) is 0. The van der Waals surface area contributed by atoms with Crippen molar-refractivity contribution in [1.29, 1.82) is 0 Å². The Morgan fingerprint density at radius 1 is 0.971 bits per heavy atom. The number of ether oxygens (including phenoxy) is 2. The average molecular weight is 493 g/mol. The minimum Gasteiger partial charge on any atom is -0.486 e. The third kappa shape index (κ3) is 4.46. The quantitative estimate of drug-likeness (QED) is 0.501. The van der Waals surface area contributed by atoms with Crippen molar-refractivity contribution in [3.05, 3.63) is 83.9 Å². The van der Waals surface area contributed by atoms with Gasteiger partial charge in [-0.25, -0.2) is 8.42 Å². The van der Waals surface area contributed by atoms with E-state index in [1.807, 2.05) is 29.2 Å². The fourth-order valence-electron chi connectivity index (χ4n) is 4.79. The summed E-state index contributed by atoms with van der Waals surface area (Å²) in [5, 5.41) is 0. The molecule has 0 aliphatic carbocycles. The monoisotopic (exact) mass is 492 g/mol. The SMILES string of the molecule is CCN(c1ccccc1)S(=O)(=O)c1cccc(C(=O)N2CCCC2c2ccc3c(c2)OCCO3)c1. The molecule has 3 aromatic rings. The van der Waals surface area contributed by atoms with Gasteiger partial charge in [0.15, 0.2) is 11.5 Å². The molecule has 2 aliphatic rings. The molecule has 0 spiro atoms. The molecule has 7 nitrogen and oxygen atoms in total. The van der Waals surface area contributed by atoms with Crippen LogP contribution in [-0.4, -0.2) is 45.5 Å². The number of fused-ring (bicyclic) bond motifs is 1. The summed E-state index contributed by atoms with van der Waals surface area (Å²) >= 11 is 0. The summed E-state index contributed by atoms with van der Waals surface area (Å²) in [5.74, 6) is 1.23. The van der Waals surface area contributed by atoms with Crippen molar-refractivity contribution in [2.75, 3.05) is 30.6 Å². The van der Waals surface area contributed by atoms with Crippen LogP contribution in [0.1, 0.15) is 41.7 Å². The number of carbonyl (C=O) groups is 1. The molecular formula is C27H28N2O5S. The van der Waals surface area contributed by atoms with Gasteiger partial charge in [-0.2, -0.15) is 0 Å². The number of hydrogen-bond acceptors (Lipinski definition) is 5. The molecule has 0 radical (unpaired) electrons. The Hall–Kier alpha value is -3.52. The fraction of sp³-hybridized carbons (Fsp3) is 0.296. The number of likely N-dealkylation sites (tertiary alicyclic amines) is 1. The summed E-state index contributed by atoms with van der Waals surface area (Å²) < 4.78 is 39.6. The first-order chi connectivity index (χ1) is 17.0. The van der Waals surface area contributed by atoms with Crippen LogP contribution >= 0.6 is 0 Å². The van der Waals surface area contributed by atoms with Crippen molar-refractivity contribution in [2.24, 2.45) is 0 Å². The van der Waals surface area contributed by atoms with E-state index in [1.165, 1.54) is 10.4 Å². The third-order valence-corrected chi connectivity index (χ3v) is 8.36. The van der Waals surface area contributed by atoms with Crippen LogP contribution in [0.3, 0.4) is 0 Å². The largest absolute Gasteiger partial charge is 0.486 e. The van der Waals surface area contributed by atoms with Crippen molar-refractivity contribution >= 4 is 21.6 Å². The molecular weight excluding hydrogens is 464 g/mol. The van der Waals surface area contributed by atoms with Crippen LogP contribution in [0, 0.1) is 0 Å². The van der Waals surface area contributed by atoms with Crippen LogP contribution < -0.4 is 13.8 Å². The molecule has 0 aromatic heterocycles. The average Bonchev–Trinajstić information content (AvgIpc) is 3.39. The van der Waals surface area contributed by atoms with Gasteiger partial charge in [-0.15, -0.1) is 0 Å². The lowest BCUT2D eigenvalue weighted by Crippen LogP contribution is -2.32. The third-order valence-electron chi connectivity index (χ3n) is 6.47.